The van der Waals surface area contributed by atoms with E-state index in [0.717, 1.165) is 58.9 Å². The Morgan fingerprint density at radius 1 is 1.25 bits per heavy atom. The van der Waals surface area contributed by atoms with Crippen LogP contribution in [0.15, 0.2) is 0 Å². The third-order valence-corrected chi connectivity index (χ3v) is 3.24. The molecule has 16 heavy (non-hydrogen) atoms. The van der Waals surface area contributed by atoms with Gasteiger partial charge in [-0.15, -0.1) is 0 Å². The van der Waals surface area contributed by atoms with Crippen molar-refractivity contribution in [3.63, 3.8) is 0 Å². The van der Waals surface area contributed by atoms with Crippen molar-refractivity contribution in [3.8, 4) is 0 Å². The third-order valence-electron chi connectivity index (χ3n) is 3.24. The summed E-state index contributed by atoms with van der Waals surface area (Å²) in [5.41, 5.74) is 5.96. The van der Waals surface area contributed by atoms with Crippen molar-refractivity contribution in [1.29, 1.82) is 0 Å². The Balaban J connectivity index is 1.95. The van der Waals surface area contributed by atoms with Crippen molar-refractivity contribution in [2.24, 2.45) is 11.1 Å². The second kappa shape index (κ2) is 7.22. The van der Waals surface area contributed by atoms with Crippen LogP contribution in [0, 0.1) is 5.41 Å². The second-order valence-electron chi connectivity index (χ2n) is 5.32. The fourth-order valence-corrected chi connectivity index (χ4v) is 1.72. The lowest BCUT2D eigenvalue weighted by Crippen LogP contribution is -2.40. The summed E-state index contributed by atoms with van der Waals surface area (Å²) in [5, 5.41) is 3.49. The molecule has 0 aliphatic carbocycles. The van der Waals surface area contributed by atoms with Crippen molar-refractivity contribution in [2.75, 3.05) is 52.5 Å². The molecule has 1 aliphatic heterocycles. The highest BCUT2D eigenvalue weighted by molar-refractivity contribution is 4.71. The molecule has 1 saturated heterocycles. The topological polar surface area (TPSA) is 50.5 Å². The van der Waals surface area contributed by atoms with E-state index in [4.69, 9.17) is 10.5 Å². The van der Waals surface area contributed by atoms with Gasteiger partial charge in [-0.3, -0.25) is 4.90 Å². The number of ether oxygens (including phenoxy) is 1. The molecule has 0 aromatic heterocycles. The number of nitrogens with two attached hydrogens (primary N) is 1. The molecule has 1 aliphatic rings. The minimum absolute atomic E-state index is 0.270. The molecule has 4 heteroatoms. The minimum atomic E-state index is 0.270. The maximum Gasteiger partial charge on any atom is 0.0594 e. The van der Waals surface area contributed by atoms with E-state index in [1.165, 1.54) is 0 Å². The Bertz CT molecular complexity index is 179. The summed E-state index contributed by atoms with van der Waals surface area (Å²) in [6.45, 7) is 12.4. The highest BCUT2D eigenvalue weighted by Gasteiger charge is 2.14. The number of hydrogen-bond acceptors (Lipinski definition) is 4. The molecule has 0 aromatic carbocycles. The summed E-state index contributed by atoms with van der Waals surface area (Å²) in [6, 6.07) is 0. The molecule has 1 heterocycles. The molecule has 0 aromatic rings. The number of morpholine rings is 1. The Labute approximate surface area is 99.5 Å². The second-order valence-corrected chi connectivity index (χ2v) is 5.32. The van der Waals surface area contributed by atoms with Crippen LogP contribution >= 0.6 is 0 Å². The number of nitrogens with one attached hydrogen (secondary N) is 1. The van der Waals surface area contributed by atoms with Crippen molar-refractivity contribution >= 4 is 0 Å². The normalized spacial score (nSPS) is 18.9. The Kier molecular flexibility index (Phi) is 6.28. The molecule has 0 atom stereocenters. The van der Waals surface area contributed by atoms with Crippen molar-refractivity contribution in [3.05, 3.63) is 0 Å². The Morgan fingerprint density at radius 2 is 1.94 bits per heavy atom. The Hall–Kier alpha value is -0.160. The smallest absolute Gasteiger partial charge is 0.0594 e. The maximum absolute atomic E-state index is 5.69. The van der Waals surface area contributed by atoms with E-state index in [1.807, 2.05) is 0 Å². The standard InChI is InChI=1S/C12H27N3O/c1-12(2,11-13)3-4-14-5-6-15-7-9-16-10-8-15/h14H,3-11,13H2,1-2H3. The summed E-state index contributed by atoms with van der Waals surface area (Å²) < 4.78 is 5.31. The van der Waals surface area contributed by atoms with E-state index in [-0.39, 0.29) is 5.41 Å². The zero-order valence-electron chi connectivity index (χ0n) is 10.8. The van der Waals surface area contributed by atoms with Gasteiger partial charge >= 0.3 is 0 Å². The average molecular weight is 229 g/mol. The number of rotatable bonds is 7. The molecule has 1 rings (SSSR count). The van der Waals surface area contributed by atoms with Gasteiger partial charge in [-0.2, -0.15) is 0 Å². The van der Waals surface area contributed by atoms with Crippen LogP contribution in [0.3, 0.4) is 0 Å². The molecule has 4 nitrogen and oxygen atoms in total. The molecule has 0 radical (unpaired) electrons. The minimum Gasteiger partial charge on any atom is -0.379 e. The highest BCUT2D eigenvalue weighted by atomic mass is 16.5. The number of hydrogen-bond donors (Lipinski definition) is 2. The number of nitrogens with zero attached hydrogens (tertiary/aromatic N) is 1. The predicted octanol–water partition coefficient (Wildman–Crippen LogP) is 0.283. The van der Waals surface area contributed by atoms with Crippen LogP contribution in [0.25, 0.3) is 0 Å². The van der Waals surface area contributed by atoms with Gasteiger partial charge in [0.05, 0.1) is 13.2 Å². The van der Waals surface area contributed by atoms with E-state index < -0.39 is 0 Å². The monoisotopic (exact) mass is 229 g/mol. The first kappa shape index (κ1) is 13.9. The van der Waals surface area contributed by atoms with Gasteiger partial charge in [0.2, 0.25) is 0 Å². The molecule has 0 unspecified atom stereocenters. The summed E-state index contributed by atoms with van der Waals surface area (Å²) in [4.78, 5) is 2.45. The maximum atomic E-state index is 5.69. The van der Waals surface area contributed by atoms with E-state index in [9.17, 15) is 0 Å². The van der Waals surface area contributed by atoms with Gasteiger partial charge in [-0.05, 0) is 24.9 Å². The predicted molar refractivity (Wildman–Crippen MR) is 67.6 cm³/mol. The third kappa shape index (κ3) is 5.80. The van der Waals surface area contributed by atoms with E-state index in [2.05, 4.69) is 24.1 Å². The van der Waals surface area contributed by atoms with Gasteiger partial charge in [-0.1, -0.05) is 13.8 Å². The molecular weight excluding hydrogens is 202 g/mol. The van der Waals surface area contributed by atoms with Gasteiger partial charge in [0, 0.05) is 26.2 Å². The molecule has 96 valence electrons. The SMILES string of the molecule is CC(C)(CN)CCNCCN1CCOCC1. The first-order valence-corrected chi connectivity index (χ1v) is 6.35. The lowest BCUT2D eigenvalue weighted by Gasteiger charge is -2.27. The van der Waals surface area contributed by atoms with E-state index >= 15 is 0 Å². The van der Waals surface area contributed by atoms with Gasteiger partial charge in [0.15, 0.2) is 0 Å². The summed E-state index contributed by atoms with van der Waals surface area (Å²) in [6.07, 6.45) is 1.15. The van der Waals surface area contributed by atoms with E-state index in [0.29, 0.717) is 0 Å². The quantitative estimate of drug-likeness (QED) is 0.616. The molecule has 0 amide bonds. The summed E-state index contributed by atoms with van der Waals surface area (Å²) >= 11 is 0. The first-order chi connectivity index (χ1) is 7.64. The van der Waals surface area contributed by atoms with Crippen LogP contribution < -0.4 is 11.1 Å². The molecule has 1 fully saturated rings. The molecular formula is C12H27N3O. The van der Waals surface area contributed by atoms with Crippen molar-refractivity contribution < 1.29 is 4.74 Å². The largest absolute Gasteiger partial charge is 0.379 e. The fraction of sp³-hybridized carbons (Fsp3) is 1.00. The average Bonchev–Trinajstić information content (AvgIpc) is 2.30. The molecule has 0 saturated carbocycles. The van der Waals surface area contributed by atoms with Gasteiger partial charge in [0.1, 0.15) is 0 Å². The van der Waals surface area contributed by atoms with Crippen LogP contribution in [0.4, 0.5) is 0 Å². The summed E-state index contributed by atoms with van der Waals surface area (Å²) in [7, 11) is 0. The molecule has 3 N–H and O–H groups in total. The molecule has 0 bridgehead atoms. The van der Waals surface area contributed by atoms with Crippen LogP contribution in [-0.4, -0.2) is 57.4 Å². The fourth-order valence-electron chi connectivity index (χ4n) is 1.72. The summed E-state index contributed by atoms with van der Waals surface area (Å²) in [5.74, 6) is 0. The molecule has 0 spiro atoms. The van der Waals surface area contributed by atoms with Crippen LogP contribution in [-0.2, 0) is 4.74 Å². The zero-order valence-corrected chi connectivity index (χ0v) is 10.8. The Morgan fingerprint density at radius 3 is 2.56 bits per heavy atom. The zero-order chi connectivity index (χ0) is 11.9. The van der Waals surface area contributed by atoms with E-state index in [1.54, 1.807) is 0 Å². The van der Waals surface area contributed by atoms with Gasteiger partial charge in [0.25, 0.3) is 0 Å². The lowest BCUT2D eigenvalue weighted by molar-refractivity contribution is 0.0384. The van der Waals surface area contributed by atoms with Gasteiger partial charge < -0.3 is 15.8 Å². The lowest BCUT2D eigenvalue weighted by atomic mass is 9.90. The van der Waals surface area contributed by atoms with Crippen molar-refractivity contribution in [1.82, 2.24) is 10.2 Å². The first-order valence-electron chi connectivity index (χ1n) is 6.35. The van der Waals surface area contributed by atoms with Crippen molar-refractivity contribution in [2.45, 2.75) is 20.3 Å². The van der Waals surface area contributed by atoms with Crippen LogP contribution in [0.1, 0.15) is 20.3 Å². The van der Waals surface area contributed by atoms with Gasteiger partial charge in [-0.25, -0.2) is 0 Å². The van der Waals surface area contributed by atoms with Crippen LogP contribution in [0.2, 0.25) is 0 Å². The van der Waals surface area contributed by atoms with Crippen LogP contribution in [0.5, 0.6) is 0 Å². The highest BCUT2D eigenvalue weighted by Crippen LogP contribution is 2.16.